The van der Waals surface area contributed by atoms with Gasteiger partial charge in [0.05, 0.1) is 5.56 Å². The molecule has 2 heteroatoms. The Labute approximate surface area is 99.9 Å². The second kappa shape index (κ2) is 4.91. The molecule has 0 aliphatic heterocycles. The first-order chi connectivity index (χ1) is 8.22. The van der Waals surface area contributed by atoms with Crippen LogP contribution in [0.5, 0.6) is 0 Å². The number of Topliss-reactive ketones (excluding diaryl/α,β-unsaturated/α-hetero) is 1. The summed E-state index contributed by atoms with van der Waals surface area (Å²) in [5.41, 5.74) is 2.02. The average molecular weight is 228 g/mol. The van der Waals surface area contributed by atoms with E-state index in [1.807, 2.05) is 30.3 Å². The molecule has 0 atom stereocenters. The predicted octanol–water partition coefficient (Wildman–Crippen LogP) is 4.09. The fourth-order valence-electron chi connectivity index (χ4n) is 1.74. The second-order valence-electron chi connectivity index (χ2n) is 3.84. The minimum absolute atomic E-state index is 0.166. The molecule has 2 aromatic rings. The van der Waals surface area contributed by atoms with Crippen LogP contribution in [0.4, 0.5) is 4.39 Å². The third-order valence-electron chi connectivity index (χ3n) is 2.70. The van der Waals surface area contributed by atoms with Gasteiger partial charge in [-0.05, 0) is 23.3 Å². The molecule has 0 unspecified atom stereocenters. The van der Waals surface area contributed by atoms with Crippen molar-refractivity contribution in [3.05, 3.63) is 59.9 Å². The number of carbonyl (C=O) groups is 1. The Balaban J connectivity index is 2.48. The molecule has 0 saturated carbocycles. The monoisotopic (exact) mass is 228 g/mol. The minimum Gasteiger partial charge on any atom is -0.294 e. The Kier molecular flexibility index (Phi) is 3.33. The Morgan fingerprint density at radius 2 is 1.76 bits per heavy atom. The second-order valence-corrected chi connectivity index (χ2v) is 3.84. The van der Waals surface area contributed by atoms with Gasteiger partial charge in [-0.2, -0.15) is 0 Å². The normalized spacial score (nSPS) is 10.2. The van der Waals surface area contributed by atoms with Crippen molar-refractivity contribution in [2.24, 2.45) is 0 Å². The van der Waals surface area contributed by atoms with Crippen LogP contribution in [0.3, 0.4) is 0 Å². The van der Waals surface area contributed by atoms with Gasteiger partial charge in [0.2, 0.25) is 0 Å². The molecule has 0 radical (unpaired) electrons. The summed E-state index contributed by atoms with van der Waals surface area (Å²) < 4.78 is 13.5. The summed E-state index contributed by atoms with van der Waals surface area (Å²) in [5.74, 6) is -0.614. The molecule has 0 aliphatic rings. The molecule has 17 heavy (non-hydrogen) atoms. The first-order valence-electron chi connectivity index (χ1n) is 5.60. The number of hydrogen-bond acceptors (Lipinski definition) is 1. The van der Waals surface area contributed by atoms with Gasteiger partial charge in [0.25, 0.3) is 0 Å². The quantitative estimate of drug-likeness (QED) is 0.723. The van der Waals surface area contributed by atoms with Gasteiger partial charge in [-0.1, -0.05) is 43.3 Å². The lowest BCUT2D eigenvalue weighted by Crippen LogP contribution is -2.00. The van der Waals surface area contributed by atoms with E-state index in [0.717, 1.165) is 11.1 Å². The van der Waals surface area contributed by atoms with Crippen molar-refractivity contribution in [3.8, 4) is 11.1 Å². The van der Waals surface area contributed by atoms with Crippen LogP contribution in [-0.4, -0.2) is 5.78 Å². The molecule has 0 amide bonds. The van der Waals surface area contributed by atoms with E-state index in [2.05, 4.69) is 0 Å². The van der Waals surface area contributed by atoms with E-state index < -0.39 is 5.82 Å². The van der Waals surface area contributed by atoms with Gasteiger partial charge < -0.3 is 0 Å². The Morgan fingerprint density at radius 1 is 1.06 bits per heavy atom. The number of hydrogen-bond donors (Lipinski definition) is 0. The maximum absolute atomic E-state index is 13.5. The van der Waals surface area contributed by atoms with E-state index in [-0.39, 0.29) is 11.3 Å². The number of rotatable bonds is 3. The lowest BCUT2D eigenvalue weighted by atomic mass is 10.00. The summed E-state index contributed by atoms with van der Waals surface area (Å²) in [5, 5.41) is 0. The van der Waals surface area contributed by atoms with Crippen molar-refractivity contribution in [2.75, 3.05) is 0 Å². The van der Waals surface area contributed by atoms with E-state index in [0.29, 0.717) is 6.42 Å². The van der Waals surface area contributed by atoms with Gasteiger partial charge in [0.15, 0.2) is 5.78 Å². The van der Waals surface area contributed by atoms with Crippen molar-refractivity contribution in [1.82, 2.24) is 0 Å². The van der Waals surface area contributed by atoms with Crippen LogP contribution in [0.1, 0.15) is 23.7 Å². The van der Waals surface area contributed by atoms with E-state index in [9.17, 15) is 9.18 Å². The molecule has 0 aliphatic carbocycles. The van der Waals surface area contributed by atoms with E-state index in [4.69, 9.17) is 0 Å². The molecule has 1 nitrogen and oxygen atoms in total. The minimum atomic E-state index is -0.448. The lowest BCUT2D eigenvalue weighted by molar-refractivity contribution is 0.0984. The van der Waals surface area contributed by atoms with Gasteiger partial charge in [-0.3, -0.25) is 4.79 Å². The largest absolute Gasteiger partial charge is 0.294 e. The molecular weight excluding hydrogens is 215 g/mol. The number of carbonyl (C=O) groups excluding carboxylic acids is 1. The maximum Gasteiger partial charge on any atom is 0.165 e. The van der Waals surface area contributed by atoms with Crippen LogP contribution in [0.2, 0.25) is 0 Å². The van der Waals surface area contributed by atoms with Gasteiger partial charge in [0, 0.05) is 6.42 Å². The van der Waals surface area contributed by atoms with E-state index in [1.54, 1.807) is 19.1 Å². The fraction of sp³-hybridized carbons (Fsp3) is 0.133. The van der Waals surface area contributed by atoms with Gasteiger partial charge in [-0.25, -0.2) is 4.39 Å². The van der Waals surface area contributed by atoms with Crippen molar-refractivity contribution in [3.63, 3.8) is 0 Å². The Hall–Kier alpha value is -1.96. The summed E-state index contributed by atoms with van der Waals surface area (Å²) in [7, 11) is 0. The summed E-state index contributed by atoms with van der Waals surface area (Å²) in [6.45, 7) is 1.73. The molecule has 0 bridgehead atoms. The fourth-order valence-corrected chi connectivity index (χ4v) is 1.74. The van der Waals surface area contributed by atoms with E-state index >= 15 is 0 Å². The van der Waals surface area contributed by atoms with Crippen LogP contribution in [0.25, 0.3) is 11.1 Å². The molecule has 2 rings (SSSR count). The summed E-state index contributed by atoms with van der Waals surface area (Å²) in [4.78, 5) is 11.6. The zero-order chi connectivity index (χ0) is 12.3. The Bertz CT molecular complexity index is 532. The predicted molar refractivity (Wildman–Crippen MR) is 66.5 cm³/mol. The highest BCUT2D eigenvalue weighted by Gasteiger charge is 2.10. The Morgan fingerprint density at radius 3 is 2.41 bits per heavy atom. The highest BCUT2D eigenvalue weighted by atomic mass is 19.1. The highest BCUT2D eigenvalue weighted by molar-refractivity contribution is 5.97. The number of benzene rings is 2. The van der Waals surface area contributed by atoms with Crippen LogP contribution >= 0.6 is 0 Å². The third-order valence-corrected chi connectivity index (χ3v) is 2.70. The lowest BCUT2D eigenvalue weighted by Gasteiger charge is -2.05. The van der Waals surface area contributed by atoms with Crippen molar-refractivity contribution in [2.45, 2.75) is 13.3 Å². The topological polar surface area (TPSA) is 17.1 Å². The van der Waals surface area contributed by atoms with Gasteiger partial charge in [-0.15, -0.1) is 0 Å². The molecule has 0 fully saturated rings. The smallest absolute Gasteiger partial charge is 0.165 e. The molecule has 0 saturated heterocycles. The van der Waals surface area contributed by atoms with Crippen molar-refractivity contribution >= 4 is 5.78 Å². The van der Waals surface area contributed by atoms with Crippen LogP contribution in [-0.2, 0) is 0 Å². The maximum atomic E-state index is 13.5. The number of ketones is 1. The van der Waals surface area contributed by atoms with Crippen LogP contribution < -0.4 is 0 Å². The van der Waals surface area contributed by atoms with Crippen molar-refractivity contribution < 1.29 is 9.18 Å². The summed E-state index contributed by atoms with van der Waals surface area (Å²) >= 11 is 0. The van der Waals surface area contributed by atoms with Gasteiger partial charge >= 0.3 is 0 Å². The standard InChI is InChI=1S/C15H13FO/c1-2-15(17)13-10-12(8-9-14(13)16)11-6-4-3-5-7-11/h3-10H,2H2,1H3. The zero-order valence-corrected chi connectivity index (χ0v) is 9.61. The number of halogens is 1. The molecule has 0 N–H and O–H groups in total. The molecule has 2 aromatic carbocycles. The molecule has 86 valence electrons. The summed E-state index contributed by atoms with van der Waals surface area (Å²) in [6.07, 6.45) is 0.315. The zero-order valence-electron chi connectivity index (χ0n) is 9.61. The molecule has 0 heterocycles. The molecular formula is C15H13FO. The van der Waals surface area contributed by atoms with Crippen molar-refractivity contribution in [1.29, 1.82) is 0 Å². The summed E-state index contributed by atoms with van der Waals surface area (Å²) in [6, 6.07) is 14.3. The first-order valence-corrected chi connectivity index (χ1v) is 5.60. The van der Waals surface area contributed by atoms with E-state index in [1.165, 1.54) is 6.07 Å². The molecule has 0 spiro atoms. The average Bonchev–Trinajstić information content (AvgIpc) is 2.39. The van der Waals surface area contributed by atoms with Crippen LogP contribution in [0, 0.1) is 5.82 Å². The van der Waals surface area contributed by atoms with Gasteiger partial charge in [0.1, 0.15) is 5.82 Å². The first kappa shape index (κ1) is 11.5. The van der Waals surface area contributed by atoms with Crippen LogP contribution in [0.15, 0.2) is 48.5 Å². The third kappa shape index (κ3) is 2.41. The SMILES string of the molecule is CCC(=O)c1cc(-c2ccccc2)ccc1F. The molecule has 0 aromatic heterocycles. The highest BCUT2D eigenvalue weighted by Crippen LogP contribution is 2.22.